The number of aliphatic hydroxyl groups excluding tert-OH is 1. The number of nitrogens with one attached hydrogen (secondary N) is 1. The number of rotatable bonds is 5. The summed E-state index contributed by atoms with van der Waals surface area (Å²) in [6.45, 7) is 5.06. The Morgan fingerprint density at radius 2 is 2.10 bits per heavy atom. The van der Waals surface area contributed by atoms with E-state index in [1.54, 1.807) is 4.90 Å². The lowest BCUT2D eigenvalue weighted by Crippen LogP contribution is -2.47. The van der Waals surface area contributed by atoms with Gasteiger partial charge in [0.05, 0.1) is 47.8 Å². The van der Waals surface area contributed by atoms with E-state index in [-0.39, 0.29) is 46.8 Å². The van der Waals surface area contributed by atoms with Crippen molar-refractivity contribution in [2.45, 2.75) is 75.8 Å². The lowest BCUT2D eigenvalue weighted by atomic mass is 10.0. The number of hydrogen-bond donors (Lipinski definition) is 2. The van der Waals surface area contributed by atoms with Gasteiger partial charge in [0.15, 0.2) is 5.82 Å². The van der Waals surface area contributed by atoms with E-state index in [1.165, 1.54) is 19.4 Å². The van der Waals surface area contributed by atoms with E-state index in [0.717, 1.165) is 18.7 Å². The second-order valence-electron chi connectivity index (χ2n) is 10.9. The normalized spacial score (nSPS) is 26.5. The molecule has 3 aliphatic heterocycles. The molecule has 5 atom stereocenters. The average Bonchev–Trinajstić information content (AvgIpc) is 3.65. The highest BCUT2D eigenvalue weighted by molar-refractivity contribution is 6.33. The number of methoxy groups -OCH3 is 1. The minimum absolute atomic E-state index is 0.00435. The third-order valence-corrected chi connectivity index (χ3v) is 8.34. The van der Waals surface area contributed by atoms with Crippen LogP contribution in [0, 0.1) is 5.82 Å². The molecule has 5 heterocycles. The average molecular weight is 559 g/mol. The SMILES string of the molecule is COC(=O)N1CC[C@H](c2nc3c(F)cc(-c4nc(N[C@@H]5C[C@H]6CC[C@H](O6)[C@H]5O)ncc4Cl)cc3n2C(C)C)C1. The molecule has 0 spiro atoms. The van der Waals surface area contributed by atoms with Gasteiger partial charge in [-0.05, 0) is 51.7 Å². The molecule has 0 unspecified atom stereocenters. The molecule has 0 saturated carbocycles. The minimum Gasteiger partial charge on any atom is -0.453 e. The van der Waals surface area contributed by atoms with Gasteiger partial charge in [0.2, 0.25) is 5.95 Å². The molecule has 6 rings (SSSR count). The van der Waals surface area contributed by atoms with Crippen molar-refractivity contribution < 1.29 is 23.8 Å². The first-order chi connectivity index (χ1) is 18.7. The molecule has 0 aliphatic carbocycles. The highest BCUT2D eigenvalue weighted by Gasteiger charge is 2.42. The second-order valence-corrected chi connectivity index (χ2v) is 11.3. The minimum atomic E-state index is -0.662. The van der Waals surface area contributed by atoms with Gasteiger partial charge in [-0.15, -0.1) is 0 Å². The largest absolute Gasteiger partial charge is 0.453 e. The van der Waals surface area contributed by atoms with E-state index >= 15 is 4.39 Å². The Morgan fingerprint density at radius 3 is 2.87 bits per heavy atom. The zero-order valence-electron chi connectivity index (χ0n) is 22.1. The lowest BCUT2D eigenvalue weighted by molar-refractivity contribution is -0.0811. The molecule has 3 saturated heterocycles. The predicted octanol–water partition coefficient (Wildman–Crippen LogP) is 4.52. The van der Waals surface area contributed by atoms with Gasteiger partial charge in [-0.2, -0.15) is 0 Å². The Labute approximate surface area is 230 Å². The van der Waals surface area contributed by atoms with Gasteiger partial charge in [0, 0.05) is 30.6 Å². The molecule has 0 radical (unpaired) electrons. The summed E-state index contributed by atoms with van der Waals surface area (Å²) in [5.41, 5.74) is 1.78. The molecule has 3 aromatic rings. The van der Waals surface area contributed by atoms with Crippen LogP contribution in [0.15, 0.2) is 18.3 Å². The zero-order valence-corrected chi connectivity index (χ0v) is 22.9. The molecule has 10 nitrogen and oxygen atoms in total. The molecule has 208 valence electrons. The maximum Gasteiger partial charge on any atom is 0.409 e. The fourth-order valence-corrected chi connectivity index (χ4v) is 6.39. The molecule has 3 fully saturated rings. The molecule has 39 heavy (non-hydrogen) atoms. The third-order valence-electron chi connectivity index (χ3n) is 8.06. The van der Waals surface area contributed by atoms with Gasteiger partial charge in [-0.3, -0.25) is 0 Å². The third kappa shape index (κ3) is 4.70. The number of ether oxygens (including phenoxy) is 2. The molecule has 2 N–H and O–H groups in total. The highest BCUT2D eigenvalue weighted by Crippen LogP contribution is 2.37. The monoisotopic (exact) mass is 558 g/mol. The smallest absolute Gasteiger partial charge is 0.409 e. The zero-order chi connectivity index (χ0) is 27.4. The number of aromatic nitrogens is 4. The fraction of sp³-hybridized carbons (Fsp3) is 0.556. The molecule has 2 bridgehead atoms. The maximum absolute atomic E-state index is 15.6. The standard InChI is InChI=1S/C27H32ClFN6O4/c1-13(2)35-20-9-15(8-18(29)23(20)32-25(35)14-6-7-34(12-14)27(37)38-3)22-17(28)11-30-26(33-22)31-19-10-16-4-5-21(39-16)24(19)36/h8-9,11,13-14,16,19,21,24,36H,4-7,10,12H2,1-3H3,(H,30,31,33)/t14-,16+,19+,21-,24-/m0/s1. The molecule has 1 amide bonds. The van der Waals surface area contributed by atoms with Crippen LogP contribution in [0.1, 0.15) is 57.3 Å². The van der Waals surface area contributed by atoms with Crippen LogP contribution in [-0.4, -0.2) is 80.2 Å². The Balaban J connectivity index is 1.35. The van der Waals surface area contributed by atoms with E-state index in [4.69, 9.17) is 26.1 Å². The maximum atomic E-state index is 15.6. The number of carbonyl (C=O) groups is 1. The second kappa shape index (κ2) is 10.2. The number of nitrogens with zero attached hydrogens (tertiary/aromatic N) is 5. The van der Waals surface area contributed by atoms with Crippen molar-refractivity contribution >= 4 is 34.7 Å². The summed E-state index contributed by atoms with van der Waals surface area (Å²) in [5, 5.41) is 14.2. The summed E-state index contributed by atoms with van der Waals surface area (Å²) in [6.07, 6.45) is 3.52. The van der Waals surface area contributed by atoms with Crippen LogP contribution in [0.2, 0.25) is 5.02 Å². The van der Waals surface area contributed by atoms with Crippen molar-refractivity contribution in [2.75, 3.05) is 25.5 Å². The van der Waals surface area contributed by atoms with Crippen molar-refractivity contribution in [3.05, 3.63) is 35.0 Å². The van der Waals surface area contributed by atoms with Crippen LogP contribution in [0.5, 0.6) is 0 Å². The highest BCUT2D eigenvalue weighted by atomic mass is 35.5. The van der Waals surface area contributed by atoms with Crippen molar-refractivity contribution in [3.63, 3.8) is 0 Å². The van der Waals surface area contributed by atoms with Gasteiger partial charge in [0.25, 0.3) is 0 Å². The van der Waals surface area contributed by atoms with Crippen molar-refractivity contribution in [1.29, 1.82) is 0 Å². The molecule has 12 heteroatoms. The fourth-order valence-electron chi connectivity index (χ4n) is 6.19. The Hall–Kier alpha value is -3.02. The first-order valence-corrected chi connectivity index (χ1v) is 13.8. The summed E-state index contributed by atoms with van der Waals surface area (Å²) < 4.78 is 28.3. The topological polar surface area (TPSA) is 115 Å². The number of halogens is 2. The Morgan fingerprint density at radius 1 is 1.28 bits per heavy atom. The van der Waals surface area contributed by atoms with E-state index in [0.29, 0.717) is 48.7 Å². The molecule has 1 aromatic carbocycles. The number of benzene rings is 1. The van der Waals surface area contributed by atoms with Gasteiger partial charge in [0.1, 0.15) is 17.4 Å². The van der Waals surface area contributed by atoms with E-state index in [9.17, 15) is 9.90 Å². The van der Waals surface area contributed by atoms with Crippen LogP contribution < -0.4 is 5.32 Å². The van der Waals surface area contributed by atoms with E-state index < -0.39 is 11.9 Å². The molecule has 2 aromatic heterocycles. The van der Waals surface area contributed by atoms with Crippen LogP contribution in [0.4, 0.5) is 15.1 Å². The quantitative estimate of drug-likeness (QED) is 0.470. The first kappa shape index (κ1) is 26.2. The molecule has 3 aliphatic rings. The number of fused-ring (bicyclic) bond motifs is 3. The Bertz CT molecular complexity index is 1420. The van der Waals surface area contributed by atoms with Crippen molar-refractivity contribution in [3.8, 4) is 11.3 Å². The first-order valence-electron chi connectivity index (χ1n) is 13.4. The summed E-state index contributed by atoms with van der Waals surface area (Å²) >= 11 is 6.52. The van der Waals surface area contributed by atoms with Crippen LogP contribution in [-0.2, 0) is 9.47 Å². The lowest BCUT2D eigenvalue weighted by Gasteiger charge is -2.33. The van der Waals surface area contributed by atoms with Crippen molar-refractivity contribution in [2.24, 2.45) is 0 Å². The summed E-state index contributed by atoms with van der Waals surface area (Å²) in [4.78, 5) is 27.3. The summed E-state index contributed by atoms with van der Waals surface area (Å²) in [7, 11) is 1.37. The number of aliphatic hydroxyl groups is 1. The number of carbonyl (C=O) groups excluding carboxylic acids is 1. The predicted molar refractivity (Wildman–Crippen MR) is 143 cm³/mol. The van der Waals surface area contributed by atoms with Gasteiger partial charge in [-0.1, -0.05) is 11.6 Å². The number of imidazole rings is 1. The van der Waals surface area contributed by atoms with Crippen molar-refractivity contribution in [1.82, 2.24) is 24.4 Å². The number of anilines is 1. The Kier molecular flexibility index (Phi) is 6.84. The van der Waals surface area contributed by atoms with E-state index in [1.807, 2.05) is 24.5 Å². The van der Waals surface area contributed by atoms with Gasteiger partial charge < -0.3 is 29.4 Å². The van der Waals surface area contributed by atoms with Gasteiger partial charge in [-0.25, -0.2) is 24.1 Å². The van der Waals surface area contributed by atoms with Gasteiger partial charge >= 0.3 is 6.09 Å². The molecular formula is C27H32ClFN6O4. The molecular weight excluding hydrogens is 527 g/mol. The number of likely N-dealkylation sites (tertiary alicyclic amines) is 1. The van der Waals surface area contributed by atoms with Crippen LogP contribution in [0.25, 0.3) is 22.3 Å². The summed E-state index contributed by atoms with van der Waals surface area (Å²) in [6, 6.07) is 2.99. The van der Waals surface area contributed by atoms with Crippen LogP contribution in [0.3, 0.4) is 0 Å². The number of hydrogen-bond acceptors (Lipinski definition) is 8. The van der Waals surface area contributed by atoms with Crippen LogP contribution >= 0.6 is 11.6 Å². The number of amides is 1. The summed E-state index contributed by atoms with van der Waals surface area (Å²) in [5.74, 6) is 0.530. The van der Waals surface area contributed by atoms with E-state index in [2.05, 4.69) is 15.3 Å².